The maximum Gasteiger partial charge on any atom is 0.258 e. The van der Waals surface area contributed by atoms with Crippen LogP contribution < -0.4 is 9.64 Å². The van der Waals surface area contributed by atoms with Gasteiger partial charge in [0.2, 0.25) is 0 Å². The third kappa shape index (κ3) is 4.57. The molecule has 0 N–H and O–H groups in total. The molecular formula is C29H30N2O2. The smallest absolute Gasteiger partial charge is 0.258 e. The first-order valence-electron chi connectivity index (χ1n) is 11.8. The van der Waals surface area contributed by atoms with Crippen LogP contribution in [-0.4, -0.2) is 29.9 Å². The van der Waals surface area contributed by atoms with Gasteiger partial charge < -0.3 is 9.64 Å². The van der Waals surface area contributed by atoms with Gasteiger partial charge in [0, 0.05) is 36.8 Å². The maximum absolute atomic E-state index is 13.1. The number of benzene rings is 3. The van der Waals surface area contributed by atoms with Gasteiger partial charge in [-0.3, -0.25) is 9.69 Å². The highest BCUT2D eigenvalue weighted by molar-refractivity contribution is 6.32. The number of piperidine rings is 1. The summed E-state index contributed by atoms with van der Waals surface area (Å²) in [6.45, 7) is 5.45. The lowest BCUT2D eigenvalue weighted by molar-refractivity contribution is -0.113. The van der Waals surface area contributed by atoms with E-state index in [0.717, 1.165) is 55.0 Å². The van der Waals surface area contributed by atoms with Crippen LogP contribution in [0.2, 0.25) is 0 Å². The number of amides is 1. The van der Waals surface area contributed by atoms with E-state index < -0.39 is 0 Å². The van der Waals surface area contributed by atoms with Crippen LogP contribution in [0.15, 0.2) is 84.9 Å². The number of fused-ring (bicyclic) bond motifs is 1. The van der Waals surface area contributed by atoms with Gasteiger partial charge in [0.05, 0.1) is 5.69 Å². The molecule has 0 atom stereocenters. The molecule has 2 aliphatic rings. The van der Waals surface area contributed by atoms with Gasteiger partial charge in [-0.2, -0.15) is 0 Å². The van der Waals surface area contributed by atoms with Crippen molar-refractivity contribution in [2.24, 2.45) is 0 Å². The molecule has 0 radical (unpaired) electrons. The second kappa shape index (κ2) is 9.63. The standard InChI is InChI=1S/C29H30N2O2/c1-2-26-27-10-6-7-11-28(27)31(29(26)32)24-16-18-30(19-17-24)20-22-12-14-25(15-13-22)33-21-23-8-4-3-5-9-23/h2-15,24H,16-21H2,1H3/b26-2-. The lowest BCUT2D eigenvalue weighted by Gasteiger charge is -2.37. The van der Waals surface area contributed by atoms with Crippen LogP contribution in [0.5, 0.6) is 5.75 Å². The van der Waals surface area contributed by atoms with E-state index in [2.05, 4.69) is 53.4 Å². The molecule has 33 heavy (non-hydrogen) atoms. The number of hydrogen-bond acceptors (Lipinski definition) is 3. The van der Waals surface area contributed by atoms with E-state index in [4.69, 9.17) is 4.74 Å². The fraction of sp³-hybridized carbons (Fsp3) is 0.276. The van der Waals surface area contributed by atoms with Gasteiger partial charge in [0.15, 0.2) is 0 Å². The van der Waals surface area contributed by atoms with Crippen LogP contribution in [0.1, 0.15) is 36.5 Å². The molecule has 0 aromatic heterocycles. The van der Waals surface area contributed by atoms with Crippen molar-refractivity contribution < 1.29 is 9.53 Å². The van der Waals surface area contributed by atoms with Crippen molar-refractivity contribution in [3.8, 4) is 5.75 Å². The van der Waals surface area contributed by atoms with Crippen LogP contribution in [0.4, 0.5) is 5.69 Å². The summed E-state index contributed by atoms with van der Waals surface area (Å²) in [6, 6.07) is 27.1. The molecule has 1 saturated heterocycles. The third-order valence-electron chi connectivity index (χ3n) is 6.69. The molecule has 0 unspecified atom stereocenters. The van der Waals surface area contributed by atoms with Crippen LogP contribution in [0.25, 0.3) is 5.57 Å². The van der Waals surface area contributed by atoms with Crippen LogP contribution in [0, 0.1) is 0 Å². The first-order valence-corrected chi connectivity index (χ1v) is 11.8. The minimum atomic E-state index is 0.156. The van der Waals surface area contributed by atoms with Crippen molar-refractivity contribution in [3.63, 3.8) is 0 Å². The Morgan fingerprint density at radius 3 is 2.30 bits per heavy atom. The summed E-state index contributed by atoms with van der Waals surface area (Å²) in [7, 11) is 0. The number of para-hydroxylation sites is 1. The summed E-state index contributed by atoms with van der Waals surface area (Å²) < 4.78 is 5.91. The zero-order chi connectivity index (χ0) is 22.6. The first-order chi connectivity index (χ1) is 16.2. The van der Waals surface area contributed by atoms with Gasteiger partial charge >= 0.3 is 0 Å². The normalized spacial score (nSPS) is 18.0. The second-order valence-corrected chi connectivity index (χ2v) is 8.82. The van der Waals surface area contributed by atoms with Gasteiger partial charge in [0.1, 0.15) is 12.4 Å². The highest BCUT2D eigenvalue weighted by Crippen LogP contribution is 2.39. The Hall–Kier alpha value is -3.37. The summed E-state index contributed by atoms with van der Waals surface area (Å²) in [5.41, 5.74) is 5.44. The average molecular weight is 439 g/mol. The second-order valence-electron chi connectivity index (χ2n) is 8.82. The fourth-order valence-corrected chi connectivity index (χ4v) is 4.93. The number of rotatable bonds is 6. The van der Waals surface area contributed by atoms with E-state index >= 15 is 0 Å². The Balaban J connectivity index is 1.16. The highest BCUT2D eigenvalue weighted by Gasteiger charge is 2.37. The van der Waals surface area contributed by atoms with Gasteiger partial charge in [-0.05, 0) is 49.1 Å². The monoisotopic (exact) mass is 438 g/mol. The molecule has 0 saturated carbocycles. The first kappa shape index (κ1) is 21.5. The molecular weight excluding hydrogens is 408 g/mol. The maximum atomic E-state index is 13.1. The summed E-state index contributed by atoms with van der Waals surface area (Å²) in [6.07, 6.45) is 3.94. The van der Waals surface area contributed by atoms with Crippen molar-refractivity contribution in [1.82, 2.24) is 4.90 Å². The predicted molar refractivity (Wildman–Crippen MR) is 133 cm³/mol. The van der Waals surface area contributed by atoms with E-state index in [-0.39, 0.29) is 11.9 Å². The van der Waals surface area contributed by atoms with E-state index in [1.54, 1.807) is 0 Å². The number of hydrogen-bond donors (Lipinski definition) is 0. The molecule has 3 aromatic rings. The van der Waals surface area contributed by atoms with Crippen LogP contribution in [-0.2, 0) is 17.9 Å². The van der Waals surface area contributed by atoms with Crippen molar-refractivity contribution in [1.29, 1.82) is 0 Å². The molecule has 2 heterocycles. The summed E-state index contributed by atoms with van der Waals surface area (Å²) in [5.74, 6) is 1.05. The lowest BCUT2D eigenvalue weighted by atomic mass is 10.0. The molecule has 2 aliphatic heterocycles. The summed E-state index contributed by atoms with van der Waals surface area (Å²) >= 11 is 0. The molecule has 0 bridgehead atoms. The fourth-order valence-electron chi connectivity index (χ4n) is 4.93. The molecule has 0 spiro atoms. The number of carbonyl (C=O) groups is 1. The highest BCUT2D eigenvalue weighted by atomic mass is 16.5. The molecule has 4 nitrogen and oxygen atoms in total. The minimum absolute atomic E-state index is 0.156. The number of anilines is 1. The Kier molecular flexibility index (Phi) is 6.27. The number of carbonyl (C=O) groups excluding carboxylic acids is 1. The Labute approximate surface area is 196 Å². The quantitative estimate of drug-likeness (QED) is 0.464. The van der Waals surface area contributed by atoms with Crippen molar-refractivity contribution in [2.45, 2.75) is 39.0 Å². The van der Waals surface area contributed by atoms with Crippen LogP contribution in [0.3, 0.4) is 0 Å². The van der Waals surface area contributed by atoms with E-state index in [0.29, 0.717) is 6.61 Å². The summed E-state index contributed by atoms with van der Waals surface area (Å²) in [4.78, 5) is 17.6. The van der Waals surface area contributed by atoms with Gasteiger partial charge in [-0.25, -0.2) is 0 Å². The third-order valence-corrected chi connectivity index (χ3v) is 6.69. The minimum Gasteiger partial charge on any atom is -0.489 e. The molecule has 5 rings (SSSR count). The average Bonchev–Trinajstić information content (AvgIpc) is 3.15. The topological polar surface area (TPSA) is 32.8 Å². The molecule has 3 aromatic carbocycles. The van der Waals surface area contributed by atoms with E-state index in [9.17, 15) is 4.79 Å². The van der Waals surface area contributed by atoms with Gasteiger partial charge in [0.25, 0.3) is 5.91 Å². The largest absolute Gasteiger partial charge is 0.489 e. The number of ether oxygens (including phenoxy) is 1. The van der Waals surface area contributed by atoms with E-state index in [1.165, 1.54) is 11.1 Å². The molecule has 1 amide bonds. The zero-order valence-electron chi connectivity index (χ0n) is 19.1. The SMILES string of the molecule is C/C=C1\C(=O)N(C2CCN(Cc3ccc(OCc4ccccc4)cc3)CC2)c2ccccc21. The zero-order valence-corrected chi connectivity index (χ0v) is 19.1. The molecule has 4 heteroatoms. The Morgan fingerprint density at radius 2 is 1.58 bits per heavy atom. The Bertz CT molecular complexity index is 1130. The lowest BCUT2D eigenvalue weighted by Crippen LogP contribution is -2.46. The van der Waals surface area contributed by atoms with Gasteiger partial charge in [-0.1, -0.05) is 66.7 Å². The number of nitrogens with zero attached hydrogens (tertiary/aromatic N) is 2. The molecule has 168 valence electrons. The Morgan fingerprint density at radius 1 is 0.879 bits per heavy atom. The van der Waals surface area contributed by atoms with E-state index in [1.807, 2.05) is 48.2 Å². The number of allylic oxidation sites excluding steroid dienone is 1. The van der Waals surface area contributed by atoms with Gasteiger partial charge in [-0.15, -0.1) is 0 Å². The van der Waals surface area contributed by atoms with Crippen LogP contribution >= 0.6 is 0 Å². The molecule has 0 aliphatic carbocycles. The van der Waals surface area contributed by atoms with Crippen molar-refractivity contribution >= 4 is 17.2 Å². The predicted octanol–water partition coefficient (Wildman–Crippen LogP) is 5.68. The van der Waals surface area contributed by atoms with Crippen molar-refractivity contribution in [3.05, 3.63) is 102 Å². The summed E-state index contributed by atoms with van der Waals surface area (Å²) in [5, 5.41) is 0. The molecule has 1 fully saturated rings. The number of likely N-dealkylation sites (tertiary alicyclic amines) is 1. The van der Waals surface area contributed by atoms with Crippen molar-refractivity contribution in [2.75, 3.05) is 18.0 Å².